The van der Waals surface area contributed by atoms with Gasteiger partial charge >= 0.3 is 0 Å². The van der Waals surface area contributed by atoms with Gasteiger partial charge in [0.25, 0.3) is 0 Å². The summed E-state index contributed by atoms with van der Waals surface area (Å²) in [4.78, 5) is 5.56. The van der Waals surface area contributed by atoms with Crippen LogP contribution >= 0.6 is 23.6 Å². The summed E-state index contributed by atoms with van der Waals surface area (Å²) in [6.45, 7) is 4.36. The average Bonchev–Trinajstić information content (AvgIpc) is 2.96. The Morgan fingerprint density at radius 3 is 2.70 bits per heavy atom. The molecule has 23 heavy (non-hydrogen) atoms. The highest BCUT2D eigenvalue weighted by Gasteiger charge is 2.08. The molecule has 1 aromatic carbocycles. The number of thiocarbonyl (C=S) groups is 1. The zero-order valence-electron chi connectivity index (χ0n) is 12.8. The fourth-order valence-electron chi connectivity index (χ4n) is 1.94. The molecule has 2 aromatic rings. The van der Waals surface area contributed by atoms with E-state index in [0.717, 1.165) is 29.9 Å². The van der Waals surface area contributed by atoms with Crippen molar-refractivity contribution in [2.45, 2.75) is 26.7 Å². The highest BCUT2D eigenvalue weighted by Crippen LogP contribution is 2.23. The molecular weight excluding hydrogens is 332 g/mol. The highest BCUT2D eigenvalue weighted by atomic mass is 32.1. The third-order valence-electron chi connectivity index (χ3n) is 3.43. The average molecular weight is 347 g/mol. The zero-order chi connectivity index (χ0) is 16.8. The Hall–Kier alpha value is -1.86. The van der Waals surface area contributed by atoms with Gasteiger partial charge in [-0.2, -0.15) is 4.99 Å². The van der Waals surface area contributed by atoms with E-state index in [1.54, 1.807) is 11.3 Å². The third-order valence-corrected chi connectivity index (χ3v) is 4.55. The monoisotopic (exact) mass is 347 g/mol. The molecule has 1 aromatic heterocycles. The highest BCUT2D eigenvalue weighted by molar-refractivity contribution is 7.78. The zero-order valence-corrected chi connectivity index (χ0v) is 14.5. The van der Waals surface area contributed by atoms with Crippen LogP contribution in [-0.2, 0) is 6.42 Å². The summed E-state index contributed by atoms with van der Waals surface area (Å²) >= 11 is 5.98. The van der Waals surface area contributed by atoms with Crippen molar-refractivity contribution in [3.05, 3.63) is 51.2 Å². The molecule has 1 heterocycles. The predicted octanol–water partition coefficient (Wildman–Crippen LogP) is 5.75. The smallest absolute Gasteiger partial charge is 0.151 e. The minimum atomic E-state index is -0.670. The van der Waals surface area contributed by atoms with E-state index in [1.165, 1.54) is 4.88 Å². The topological polar surface area (TPSA) is 12.4 Å². The summed E-state index contributed by atoms with van der Waals surface area (Å²) in [6, 6.07) is 5.95. The largest absolute Gasteiger partial charge is 0.206 e. The van der Waals surface area contributed by atoms with Gasteiger partial charge in [0, 0.05) is 10.9 Å². The standard InChI is InChI=1S/C18H15F2NS2/c1-3-12(2)8-15-7-6-14(23-15)5-4-13-9-17(20)18(21-11-22)10-16(13)19/h6-7,9-10,12H,3,8H2,1-2H3. The molecule has 118 valence electrons. The van der Waals surface area contributed by atoms with E-state index in [4.69, 9.17) is 0 Å². The maximum atomic E-state index is 13.9. The van der Waals surface area contributed by atoms with Gasteiger partial charge < -0.3 is 0 Å². The van der Waals surface area contributed by atoms with Crippen molar-refractivity contribution in [3.8, 4) is 11.8 Å². The summed E-state index contributed by atoms with van der Waals surface area (Å²) in [5.41, 5.74) is -0.169. The normalized spacial score (nSPS) is 11.3. The minimum absolute atomic E-state index is 0.00250. The number of thiophene rings is 1. The van der Waals surface area contributed by atoms with Crippen LogP contribution in [0.4, 0.5) is 14.5 Å². The van der Waals surface area contributed by atoms with E-state index >= 15 is 0 Å². The molecule has 0 saturated heterocycles. The fourth-order valence-corrected chi connectivity index (χ4v) is 3.06. The van der Waals surface area contributed by atoms with Crippen molar-refractivity contribution in [1.82, 2.24) is 0 Å². The third kappa shape index (κ3) is 4.80. The lowest BCUT2D eigenvalue weighted by atomic mass is 10.0. The van der Waals surface area contributed by atoms with Gasteiger partial charge in [-0.05, 0) is 42.8 Å². The summed E-state index contributed by atoms with van der Waals surface area (Å²) in [5.74, 6) is 4.89. The molecule has 0 bridgehead atoms. The van der Waals surface area contributed by atoms with Crippen LogP contribution in [-0.4, -0.2) is 5.16 Å². The molecule has 2 rings (SSSR count). The van der Waals surface area contributed by atoms with Crippen molar-refractivity contribution < 1.29 is 8.78 Å². The molecule has 1 nitrogen and oxygen atoms in total. The Kier molecular flexibility index (Phi) is 6.18. The summed E-state index contributed by atoms with van der Waals surface area (Å²) < 4.78 is 27.6. The van der Waals surface area contributed by atoms with Crippen LogP contribution < -0.4 is 0 Å². The SMILES string of the molecule is CCC(C)Cc1ccc(C#Cc2cc(F)c(N=C=S)cc2F)s1. The Bertz CT molecular complexity index is 808. The van der Waals surface area contributed by atoms with Gasteiger partial charge in [0.15, 0.2) is 5.82 Å². The minimum Gasteiger partial charge on any atom is -0.206 e. The number of nitrogens with zero attached hydrogens (tertiary/aromatic N) is 1. The first-order valence-electron chi connectivity index (χ1n) is 7.21. The Balaban J connectivity index is 2.22. The molecule has 0 aliphatic rings. The first-order chi connectivity index (χ1) is 11.0. The van der Waals surface area contributed by atoms with Gasteiger partial charge in [0.05, 0.1) is 15.6 Å². The Morgan fingerprint density at radius 1 is 1.22 bits per heavy atom. The lowest BCUT2D eigenvalue weighted by Gasteiger charge is -2.04. The van der Waals surface area contributed by atoms with Crippen LogP contribution in [0.2, 0.25) is 0 Å². The first kappa shape index (κ1) is 17.5. The van der Waals surface area contributed by atoms with Gasteiger partial charge in [-0.3, -0.25) is 0 Å². The van der Waals surface area contributed by atoms with Crippen LogP contribution in [0.1, 0.15) is 35.6 Å². The van der Waals surface area contributed by atoms with Gasteiger partial charge in [0.1, 0.15) is 11.5 Å². The van der Waals surface area contributed by atoms with E-state index in [1.807, 2.05) is 17.3 Å². The number of benzene rings is 1. The van der Waals surface area contributed by atoms with Crippen molar-refractivity contribution in [1.29, 1.82) is 0 Å². The van der Waals surface area contributed by atoms with Crippen LogP contribution in [0.3, 0.4) is 0 Å². The molecule has 0 saturated carbocycles. The summed E-state index contributed by atoms with van der Waals surface area (Å²) in [5, 5.41) is 2.02. The van der Waals surface area contributed by atoms with Crippen molar-refractivity contribution in [2.24, 2.45) is 10.9 Å². The molecule has 0 N–H and O–H groups in total. The maximum Gasteiger partial charge on any atom is 0.151 e. The molecule has 5 heteroatoms. The molecule has 0 aliphatic carbocycles. The van der Waals surface area contributed by atoms with E-state index in [-0.39, 0.29) is 11.3 Å². The van der Waals surface area contributed by atoms with Gasteiger partial charge in [-0.1, -0.05) is 32.1 Å². The second-order valence-electron chi connectivity index (χ2n) is 5.22. The van der Waals surface area contributed by atoms with Crippen molar-refractivity contribution >= 4 is 34.4 Å². The second kappa shape index (κ2) is 8.12. The quantitative estimate of drug-likeness (QED) is 0.390. The van der Waals surface area contributed by atoms with Crippen LogP contribution in [0, 0.1) is 29.4 Å². The molecule has 0 aliphatic heterocycles. The van der Waals surface area contributed by atoms with Crippen LogP contribution in [0.25, 0.3) is 0 Å². The number of isothiocyanates is 1. The number of rotatable bonds is 4. The van der Waals surface area contributed by atoms with Crippen LogP contribution in [0.5, 0.6) is 0 Å². The summed E-state index contributed by atoms with van der Waals surface area (Å²) in [7, 11) is 0. The lowest BCUT2D eigenvalue weighted by Crippen LogP contribution is -1.94. The van der Waals surface area contributed by atoms with Crippen molar-refractivity contribution in [3.63, 3.8) is 0 Å². The van der Waals surface area contributed by atoms with E-state index in [0.29, 0.717) is 5.92 Å². The number of hydrogen-bond donors (Lipinski definition) is 0. The molecule has 1 unspecified atom stereocenters. The molecule has 1 atom stereocenters. The van der Waals surface area contributed by atoms with E-state index in [9.17, 15) is 8.78 Å². The predicted molar refractivity (Wildman–Crippen MR) is 94.5 cm³/mol. The Labute approximate surface area is 144 Å². The fraction of sp³-hybridized carbons (Fsp3) is 0.278. The molecule has 0 radical (unpaired) electrons. The van der Waals surface area contributed by atoms with Gasteiger partial charge in [-0.15, -0.1) is 11.3 Å². The van der Waals surface area contributed by atoms with Crippen LogP contribution in [0.15, 0.2) is 29.3 Å². The summed E-state index contributed by atoms with van der Waals surface area (Å²) in [6.07, 6.45) is 2.13. The Morgan fingerprint density at radius 2 is 2.00 bits per heavy atom. The van der Waals surface area contributed by atoms with Gasteiger partial charge in [0.2, 0.25) is 0 Å². The molecule has 0 spiro atoms. The van der Waals surface area contributed by atoms with Crippen molar-refractivity contribution in [2.75, 3.05) is 0 Å². The molecule has 0 amide bonds. The molecule has 0 fully saturated rings. The number of halogens is 2. The second-order valence-corrected chi connectivity index (χ2v) is 6.57. The van der Waals surface area contributed by atoms with E-state index < -0.39 is 11.6 Å². The van der Waals surface area contributed by atoms with Gasteiger partial charge in [-0.25, -0.2) is 8.78 Å². The lowest BCUT2D eigenvalue weighted by molar-refractivity contribution is 0.565. The number of hydrogen-bond acceptors (Lipinski definition) is 3. The van der Waals surface area contributed by atoms with E-state index in [2.05, 4.69) is 42.9 Å². The maximum absolute atomic E-state index is 13.9. The first-order valence-corrected chi connectivity index (χ1v) is 8.43. The number of aliphatic imine (C=N–C) groups is 1. The molecular formula is C18H15F2NS2.